The van der Waals surface area contributed by atoms with Gasteiger partial charge < -0.3 is 34.8 Å². The first-order valence-electron chi connectivity index (χ1n) is 18.9. The van der Waals surface area contributed by atoms with Crippen LogP contribution in [-0.4, -0.2) is 90.9 Å². The topological polar surface area (TPSA) is 166 Å². The fourth-order valence-corrected chi connectivity index (χ4v) is 7.53. The molecule has 4 N–H and O–H groups in total. The molecule has 5 aromatic rings. The van der Waals surface area contributed by atoms with E-state index in [9.17, 15) is 19.5 Å². The monoisotopic (exact) mass is 747 g/mol. The minimum atomic E-state index is -0.802. The molecule has 0 radical (unpaired) electrons. The second kappa shape index (κ2) is 15.2. The highest BCUT2D eigenvalue weighted by molar-refractivity contribution is 5.91. The number of hydrogen-bond acceptors (Lipinski definition) is 8. The molecule has 0 saturated carbocycles. The maximum Gasteiger partial charge on any atom is 0.410 e. The van der Waals surface area contributed by atoms with E-state index < -0.39 is 29.9 Å². The lowest BCUT2D eigenvalue weighted by Crippen LogP contribution is -2.51. The Balaban J connectivity index is 1.04. The number of nitrogens with zero attached hydrogens (tertiary/aromatic N) is 4. The number of aliphatic hydroxyl groups excluding tert-OH is 1. The average molecular weight is 748 g/mol. The number of H-pyrrole nitrogens is 2. The van der Waals surface area contributed by atoms with Gasteiger partial charge in [-0.05, 0) is 79.1 Å². The first kappa shape index (κ1) is 37.6. The van der Waals surface area contributed by atoms with Gasteiger partial charge in [-0.1, -0.05) is 62.4 Å². The summed E-state index contributed by atoms with van der Waals surface area (Å²) < 4.78 is 10.4. The molecule has 0 aliphatic carbocycles. The highest BCUT2D eigenvalue weighted by atomic mass is 16.6. The quantitative estimate of drug-likeness (QED) is 0.128. The molecule has 0 bridgehead atoms. The predicted molar refractivity (Wildman–Crippen MR) is 209 cm³/mol. The Morgan fingerprint density at radius 1 is 0.836 bits per heavy atom. The number of aromatic amines is 2. The van der Waals surface area contributed by atoms with Crippen LogP contribution in [-0.2, 0) is 14.3 Å². The molecule has 13 nitrogen and oxygen atoms in total. The maximum absolute atomic E-state index is 13.6. The van der Waals surface area contributed by atoms with Gasteiger partial charge in [-0.25, -0.2) is 19.6 Å². The van der Waals surface area contributed by atoms with Crippen molar-refractivity contribution in [3.8, 4) is 33.6 Å². The number of β-amino-alcohol motifs (C(OH)–C–C–N with tert-alkyl or cyclic N) is 1. The van der Waals surface area contributed by atoms with Crippen LogP contribution in [0.25, 0.3) is 44.4 Å². The summed E-state index contributed by atoms with van der Waals surface area (Å²) in [5, 5.41) is 15.4. The highest BCUT2D eigenvalue weighted by Gasteiger charge is 2.41. The minimum absolute atomic E-state index is 0.139. The number of aliphatic hydroxyl groups is 1. The van der Waals surface area contributed by atoms with Crippen molar-refractivity contribution in [3.05, 3.63) is 84.7 Å². The summed E-state index contributed by atoms with van der Waals surface area (Å²) in [6, 6.07) is 19.5. The van der Waals surface area contributed by atoms with Gasteiger partial charge in [0.15, 0.2) is 0 Å². The summed E-state index contributed by atoms with van der Waals surface area (Å²) in [5.41, 5.74) is 5.25. The van der Waals surface area contributed by atoms with Crippen molar-refractivity contribution in [3.63, 3.8) is 0 Å². The van der Waals surface area contributed by atoms with Crippen LogP contribution < -0.4 is 5.32 Å². The number of rotatable bonds is 8. The summed E-state index contributed by atoms with van der Waals surface area (Å²) in [6.07, 6.45) is 3.95. The highest BCUT2D eigenvalue weighted by Crippen LogP contribution is 2.36. The number of methoxy groups -OCH3 is 1. The van der Waals surface area contributed by atoms with E-state index in [-0.39, 0.29) is 30.5 Å². The summed E-state index contributed by atoms with van der Waals surface area (Å²) in [5.74, 6) is 0.862. The van der Waals surface area contributed by atoms with E-state index in [4.69, 9.17) is 9.47 Å². The number of likely N-dealkylation sites (tertiary alicyclic amines) is 2. The molecule has 2 aliphatic heterocycles. The number of ether oxygens (including phenoxy) is 2. The van der Waals surface area contributed by atoms with Crippen molar-refractivity contribution in [2.24, 2.45) is 5.92 Å². The minimum Gasteiger partial charge on any atom is -0.453 e. The molecular formula is C42H49N7O6. The smallest absolute Gasteiger partial charge is 0.410 e. The standard InChI is InChI=1S/C42H49N7O6/c1-24(2)36(47-40(52)54-6)39(51)49-23-31(50)20-35(49)38-44-22-33(46-38)30-16-15-28-18-27(13-14-29(28)19-30)25-9-11-26(12-10-25)32-21-43-37(45-32)34-8-7-17-48(34)41(53)55-42(3,4)5/h9-16,18-19,21-22,24,31,34-36,50H,7-8,17,20,23H2,1-6H3,(H,43,45)(H,44,46)(H,47,52)/t31-,34-,35-,36-/m0/s1. The van der Waals surface area contributed by atoms with Gasteiger partial charge in [0.05, 0.1) is 49.1 Å². The third-order valence-corrected chi connectivity index (χ3v) is 10.3. The molecule has 55 heavy (non-hydrogen) atoms. The Kier molecular flexibility index (Phi) is 10.4. The lowest BCUT2D eigenvalue weighted by Gasteiger charge is -2.29. The lowest BCUT2D eigenvalue weighted by atomic mass is 9.98. The van der Waals surface area contributed by atoms with Gasteiger partial charge in [-0.3, -0.25) is 9.69 Å². The van der Waals surface area contributed by atoms with Crippen LogP contribution in [0.1, 0.15) is 77.6 Å². The molecule has 288 valence electrons. The Bertz CT molecular complexity index is 2190. The number of carbonyl (C=O) groups is 3. The molecule has 13 heteroatoms. The fourth-order valence-electron chi connectivity index (χ4n) is 7.53. The van der Waals surface area contributed by atoms with Crippen molar-refractivity contribution in [1.29, 1.82) is 0 Å². The molecule has 0 spiro atoms. The molecule has 4 atom stereocenters. The number of amides is 3. The molecule has 2 aromatic heterocycles. The van der Waals surface area contributed by atoms with Crippen LogP contribution in [0.3, 0.4) is 0 Å². The van der Waals surface area contributed by atoms with Gasteiger partial charge >= 0.3 is 12.2 Å². The summed E-state index contributed by atoms with van der Waals surface area (Å²) in [6.45, 7) is 10.1. The summed E-state index contributed by atoms with van der Waals surface area (Å²) in [4.78, 5) is 57.9. The SMILES string of the molecule is COC(=O)N[C@H](C(=O)N1C[C@@H](O)C[C@H]1c1ncc(-c2ccc3cc(-c4ccc(-c5cnc([C@@H]6CCCN6C(=O)OC(C)(C)C)[nH]5)cc4)ccc3c2)[nH]1)C(C)C. The maximum atomic E-state index is 13.6. The first-order valence-corrected chi connectivity index (χ1v) is 18.9. The molecule has 2 aliphatic rings. The number of alkyl carbamates (subject to hydrolysis) is 1. The Morgan fingerprint density at radius 3 is 2.05 bits per heavy atom. The van der Waals surface area contributed by atoms with Crippen LogP contribution >= 0.6 is 0 Å². The van der Waals surface area contributed by atoms with E-state index in [0.717, 1.165) is 63.1 Å². The van der Waals surface area contributed by atoms with Gasteiger partial charge in [0.1, 0.15) is 23.3 Å². The van der Waals surface area contributed by atoms with E-state index in [0.29, 0.717) is 18.8 Å². The normalized spacial score (nSPS) is 19.2. The van der Waals surface area contributed by atoms with Gasteiger partial charge in [0, 0.05) is 25.1 Å². The number of hydrogen-bond donors (Lipinski definition) is 4. The average Bonchev–Trinajstić information content (AvgIpc) is 3.99. The van der Waals surface area contributed by atoms with E-state index in [1.54, 1.807) is 16.0 Å². The lowest BCUT2D eigenvalue weighted by molar-refractivity contribution is -0.135. The Hall–Kier alpha value is -5.69. The number of benzene rings is 3. The van der Waals surface area contributed by atoms with Crippen LogP contribution in [0.2, 0.25) is 0 Å². The number of fused-ring (bicyclic) bond motifs is 1. The van der Waals surface area contributed by atoms with Crippen LogP contribution in [0.4, 0.5) is 9.59 Å². The third-order valence-electron chi connectivity index (χ3n) is 10.3. The summed E-state index contributed by atoms with van der Waals surface area (Å²) >= 11 is 0. The molecule has 3 aromatic carbocycles. The van der Waals surface area contributed by atoms with Crippen molar-refractivity contribution in [2.75, 3.05) is 20.2 Å². The van der Waals surface area contributed by atoms with Gasteiger partial charge in [0.2, 0.25) is 5.91 Å². The van der Waals surface area contributed by atoms with Crippen LogP contribution in [0, 0.1) is 5.92 Å². The zero-order valence-corrected chi connectivity index (χ0v) is 32.1. The van der Waals surface area contributed by atoms with E-state index >= 15 is 0 Å². The van der Waals surface area contributed by atoms with E-state index in [1.807, 2.05) is 46.9 Å². The van der Waals surface area contributed by atoms with Gasteiger partial charge in [-0.15, -0.1) is 0 Å². The second-order valence-corrected chi connectivity index (χ2v) is 15.8. The van der Waals surface area contributed by atoms with E-state index in [2.05, 4.69) is 79.9 Å². The Morgan fingerprint density at radius 2 is 1.42 bits per heavy atom. The number of carbonyl (C=O) groups excluding carboxylic acids is 3. The fraction of sp³-hybridized carbons (Fsp3) is 0.405. The van der Waals surface area contributed by atoms with Crippen molar-refractivity contribution >= 4 is 28.9 Å². The van der Waals surface area contributed by atoms with Crippen LogP contribution in [0.15, 0.2) is 73.1 Å². The second-order valence-electron chi connectivity index (χ2n) is 15.8. The molecule has 2 fully saturated rings. The molecular weight excluding hydrogens is 699 g/mol. The van der Waals surface area contributed by atoms with Crippen molar-refractivity contribution < 1.29 is 29.0 Å². The molecule has 7 rings (SSSR count). The van der Waals surface area contributed by atoms with Crippen LogP contribution in [0.5, 0.6) is 0 Å². The number of aromatic nitrogens is 4. The van der Waals surface area contributed by atoms with Gasteiger partial charge in [-0.2, -0.15) is 0 Å². The zero-order chi connectivity index (χ0) is 39.0. The molecule has 2 saturated heterocycles. The molecule has 4 heterocycles. The zero-order valence-electron chi connectivity index (χ0n) is 32.1. The molecule has 0 unspecified atom stereocenters. The number of nitrogens with one attached hydrogen (secondary N) is 3. The van der Waals surface area contributed by atoms with Gasteiger partial charge in [0.25, 0.3) is 0 Å². The van der Waals surface area contributed by atoms with Crippen molar-refractivity contribution in [1.82, 2.24) is 35.1 Å². The molecule has 3 amide bonds. The summed E-state index contributed by atoms with van der Waals surface area (Å²) in [7, 11) is 1.26. The predicted octanol–water partition coefficient (Wildman–Crippen LogP) is 7.37. The number of imidazole rings is 2. The first-order chi connectivity index (χ1) is 26.3. The van der Waals surface area contributed by atoms with E-state index in [1.165, 1.54) is 7.11 Å². The third kappa shape index (κ3) is 8.07. The largest absolute Gasteiger partial charge is 0.453 e. The van der Waals surface area contributed by atoms with Crippen molar-refractivity contribution in [2.45, 2.75) is 83.7 Å². The Labute approximate surface area is 320 Å².